The van der Waals surface area contributed by atoms with Gasteiger partial charge in [-0.1, -0.05) is 29.8 Å². The number of hydrogen-bond acceptors (Lipinski definition) is 4. The van der Waals surface area contributed by atoms with Crippen molar-refractivity contribution < 1.29 is 9.53 Å². The minimum absolute atomic E-state index is 0.181. The highest BCUT2D eigenvalue weighted by Gasteiger charge is 2.21. The monoisotopic (exact) mass is 373 g/mol. The summed E-state index contributed by atoms with van der Waals surface area (Å²) in [6.45, 7) is 3.60. The Labute approximate surface area is 159 Å². The number of para-hydroxylation sites is 2. The van der Waals surface area contributed by atoms with Gasteiger partial charge >= 0.3 is 0 Å². The number of benzene rings is 2. The fourth-order valence-corrected chi connectivity index (χ4v) is 3.25. The predicted molar refractivity (Wildman–Crippen MR) is 106 cm³/mol. The van der Waals surface area contributed by atoms with Gasteiger partial charge in [0, 0.05) is 43.3 Å². The number of carbonyl (C=O) groups excluding carboxylic acids is 1. The average Bonchev–Trinajstić information content (AvgIpc) is 2.66. The number of hydrogen-bond donors (Lipinski definition) is 1. The van der Waals surface area contributed by atoms with E-state index in [1.807, 2.05) is 41.3 Å². The first kappa shape index (κ1) is 18.4. The van der Waals surface area contributed by atoms with E-state index in [0.29, 0.717) is 30.9 Å². The highest BCUT2D eigenvalue weighted by Crippen LogP contribution is 2.22. The highest BCUT2D eigenvalue weighted by atomic mass is 35.5. The van der Waals surface area contributed by atoms with Crippen LogP contribution in [-0.2, 0) is 4.79 Å². The van der Waals surface area contributed by atoms with Crippen LogP contribution in [0.15, 0.2) is 48.5 Å². The lowest BCUT2D eigenvalue weighted by Gasteiger charge is -2.36. The van der Waals surface area contributed by atoms with E-state index in [1.54, 1.807) is 6.07 Å². The van der Waals surface area contributed by atoms with Crippen LogP contribution in [0.1, 0.15) is 12.8 Å². The van der Waals surface area contributed by atoms with Gasteiger partial charge in [-0.3, -0.25) is 4.79 Å². The summed E-state index contributed by atoms with van der Waals surface area (Å²) in [4.78, 5) is 16.6. The molecule has 6 heteroatoms. The number of nitrogens with two attached hydrogens (primary N) is 1. The molecule has 0 unspecified atom stereocenters. The Morgan fingerprint density at radius 2 is 1.85 bits per heavy atom. The maximum absolute atomic E-state index is 12.4. The Bertz CT molecular complexity index is 745. The molecule has 0 bridgehead atoms. The van der Waals surface area contributed by atoms with Gasteiger partial charge in [0.25, 0.3) is 0 Å². The Balaban J connectivity index is 1.39. The lowest BCUT2D eigenvalue weighted by molar-refractivity contribution is -0.131. The number of nitrogens with zero attached hydrogens (tertiary/aromatic N) is 2. The van der Waals surface area contributed by atoms with Gasteiger partial charge < -0.3 is 20.3 Å². The molecule has 3 rings (SSSR count). The summed E-state index contributed by atoms with van der Waals surface area (Å²) >= 11 is 6.06. The zero-order chi connectivity index (χ0) is 18.4. The van der Waals surface area contributed by atoms with Crippen LogP contribution in [0.5, 0.6) is 5.75 Å². The van der Waals surface area contributed by atoms with Crippen molar-refractivity contribution in [1.29, 1.82) is 0 Å². The van der Waals surface area contributed by atoms with Crippen LogP contribution in [-0.4, -0.2) is 43.6 Å². The van der Waals surface area contributed by atoms with E-state index in [2.05, 4.69) is 11.0 Å². The normalized spacial score (nSPS) is 14.3. The molecule has 0 atom stereocenters. The van der Waals surface area contributed by atoms with Gasteiger partial charge in [-0.05, 0) is 36.8 Å². The molecule has 0 spiro atoms. The average molecular weight is 374 g/mol. The summed E-state index contributed by atoms with van der Waals surface area (Å²) in [7, 11) is 0. The van der Waals surface area contributed by atoms with Crippen molar-refractivity contribution in [3.63, 3.8) is 0 Å². The quantitative estimate of drug-likeness (QED) is 0.622. The first-order valence-corrected chi connectivity index (χ1v) is 9.27. The lowest BCUT2D eigenvalue weighted by Crippen LogP contribution is -2.48. The number of piperazine rings is 1. The van der Waals surface area contributed by atoms with Crippen molar-refractivity contribution in [2.45, 2.75) is 12.8 Å². The van der Waals surface area contributed by atoms with Crippen LogP contribution in [0.2, 0.25) is 5.02 Å². The maximum atomic E-state index is 12.4. The van der Waals surface area contributed by atoms with Crippen LogP contribution in [0.4, 0.5) is 11.4 Å². The Morgan fingerprint density at radius 3 is 2.58 bits per heavy atom. The molecule has 1 saturated heterocycles. The largest absolute Gasteiger partial charge is 0.491 e. The molecule has 0 aliphatic carbocycles. The van der Waals surface area contributed by atoms with Crippen molar-refractivity contribution in [1.82, 2.24) is 4.90 Å². The number of rotatable bonds is 6. The molecule has 1 amide bonds. The van der Waals surface area contributed by atoms with Crippen molar-refractivity contribution in [3.05, 3.63) is 53.6 Å². The third-order valence-corrected chi connectivity index (χ3v) is 4.75. The van der Waals surface area contributed by atoms with Gasteiger partial charge in [0.1, 0.15) is 5.75 Å². The third kappa shape index (κ3) is 4.82. The minimum Gasteiger partial charge on any atom is -0.491 e. The smallest absolute Gasteiger partial charge is 0.222 e. The van der Waals surface area contributed by atoms with E-state index >= 15 is 0 Å². The van der Waals surface area contributed by atoms with Crippen LogP contribution in [0, 0.1) is 0 Å². The lowest BCUT2D eigenvalue weighted by atomic mass is 10.2. The van der Waals surface area contributed by atoms with Crippen LogP contribution in [0.25, 0.3) is 0 Å². The van der Waals surface area contributed by atoms with Gasteiger partial charge in [-0.25, -0.2) is 0 Å². The van der Waals surface area contributed by atoms with Crippen LogP contribution in [0.3, 0.4) is 0 Å². The Hall–Kier alpha value is -2.40. The molecule has 5 nitrogen and oxygen atoms in total. The van der Waals surface area contributed by atoms with Gasteiger partial charge in [0.2, 0.25) is 5.91 Å². The minimum atomic E-state index is 0.181. The zero-order valence-electron chi connectivity index (χ0n) is 14.7. The van der Waals surface area contributed by atoms with E-state index in [0.717, 1.165) is 36.9 Å². The van der Waals surface area contributed by atoms with E-state index in [9.17, 15) is 4.79 Å². The van der Waals surface area contributed by atoms with Crippen molar-refractivity contribution in [2.24, 2.45) is 0 Å². The second-order valence-electron chi connectivity index (χ2n) is 6.34. The number of anilines is 2. The van der Waals surface area contributed by atoms with Crippen molar-refractivity contribution in [2.75, 3.05) is 43.4 Å². The predicted octanol–water partition coefficient (Wildman–Crippen LogP) is 3.43. The number of ether oxygens (including phenoxy) is 1. The third-order valence-electron chi connectivity index (χ3n) is 4.52. The molecular formula is C20H24ClN3O2. The first-order valence-electron chi connectivity index (χ1n) is 8.89. The molecule has 1 aliphatic rings. The molecule has 2 aromatic rings. The Kier molecular flexibility index (Phi) is 6.23. The standard InChI is InChI=1S/C20H24ClN3O2/c21-16-5-3-6-17(15-16)23-10-12-24(13-11-23)20(25)9-4-14-26-19-8-2-1-7-18(19)22/h1-3,5-8,15H,4,9-14,22H2. The molecule has 1 fully saturated rings. The van der Waals surface area contributed by atoms with Crippen LogP contribution < -0.4 is 15.4 Å². The van der Waals surface area contributed by atoms with E-state index < -0.39 is 0 Å². The number of amides is 1. The second kappa shape index (κ2) is 8.81. The molecule has 1 heterocycles. The molecule has 0 radical (unpaired) electrons. The summed E-state index contributed by atoms with van der Waals surface area (Å²) in [5, 5.41) is 0.736. The van der Waals surface area contributed by atoms with E-state index in [4.69, 9.17) is 22.1 Å². The molecule has 26 heavy (non-hydrogen) atoms. The SMILES string of the molecule is Nc1ccccc1OCCCC(=O)N1CCN(c2cccc(Cl)c2)CC1. The number of halogens is 1. The molecule has 138 valence electrons. The summed E-state index contributed by atoms with van der Waals surface area (Å²) < 4.78 is 5.64. The highest BCUT2D eigenvalue weighted by molar-refractivity contribution is 6.30. The van der Waals surface area contributed by atoms with Crippen molar-refractivity contribution in [3.8, 4) is 5.75 Å². The van der Waals surface area contributed by atoms with Gasteiger partial charge in [0.05, 0.1) is 12.3 Å². The summed E-state index contributed by atoms with van der Waals surface area (Å²) in [6, 6.07) is 15.2. The van der Waals surface area contributed by atoms with E-state index in [1.165, 1.54) is 0 Å². The summed E-state index contributed by atoms with van der Waals surface area (Å²) in [6.07, 6.45) is 1.17. The second-order valence-corrected chi connectivity index (χ2v) is 6.77. The summed E-state index contributed by atoms with van der Waals surface area (Å²) in [5.74, 6) is 0.857. The van der Waals surface area contributed by atoms with Crippen molar-refractivity contribution >= 4 is 28.9 Å². The molecule has 2 aromatic carbocycles. The topological polar surface area (TPSA) is 58.8 Å². The fourth-order valence-electron chi connectivity index (χ4n) is 3.06. The van der Waals surface area contributed by atoms with Gasteiger partial charge in [0.15, 0.2) is 0 Å². The van der Waals surface area contributed by atoms with Crippen LogP contribution >= 0.6 is 11.6 Å². The first-order chi connectivity index (χ1) is 12.6. The maximum Gasteiger partial charge on any atom is 0.222 e. The Morgan fingerprint density at radius 1 is 1.08 bits per heavy atom. The fraction of sp³-hybridized carbons (Fsp3) is 0.350. The van der Waals surface area contributed by atoms with Gasteiger partial charge in [-0.2, -0.15) is 0 Å². The zero-order valence-corrected chi connectivity index (χ0v) is 15.5. The number of nitrogen functional groups attached to an aromatic ring is 1. The van der Waals surface area contributed by atoms with E-state index in [-0.39, 0.29) is 5.91 Å². The molecule has 0 aromatic heterocycles. The molecule has 0 saturated carbocycles. The molecule has 2 N–H and O–H groups in total. The van der Waals surface area contributed by atoms with Gasteiger partial charge in [-0.15, -0.1) is 0 Å². The number of carbonyl (C=O) groups is 1. The molecular weight excluding hydrogens is 350 g/mol. The molecule has 1 aliphatic heterocycles. The summed E-state index contributed by atoms with van der Waals surface area (Å²) in [5.41, 5.74) is 7.57.